The van der Waals surface area contributed by atoms with Crippen molar-refractivity contribution in [3.8, 4) is 0 Å². The van der Waals surface area contributed by atoms with Gasteiger partial charge in [-0.2, -0.15) is 0 Å². The Hall–Kier alpha value is -1.35. The second kappa shape index (κ2) is 6.89. The Morgan fingerprint density at radius 3 is 2.55 bits per heavy atom. The summed E-state index contributed by atoms with van der Waals surface area (Å²) in [4.78, 5) is 12.0. The van der Waals surface area contributed by atoms with Crippen LogP contribution in [0.4, 0.5) is 0 Å². The fraction of sp³-hybridized carbons (Fsp3) is 0.588. The molecular weight excluding hydrogens is 248 g/mol. The first-order valence-corrected chi connectivity index (χ1v) is 7.66. The lowest BCUT2D eigenvalue weighted by Crippen LogP contribution is -2.38. The Labute approximate surface area is 121 Å². The Morgan fingerprint density at radius 2 is 1.90 bits per heavy atom. The van der Waals surface area contributed by atoms with E-state index >= 15 is 0 Å². The number of hydrogen-bond donors (Lipinski definition) is 2. The SMILES string of the molecule is CC1(CNC(=O)CC(N)c2ccccc2)CCCCC1. The molecule has 1 fully saturated rings. The van der Waals surface area contributed by atoms with E-state index in [1.165, 1.54) is 32.1 Å². The molecule has 0 bridgehead atoms. The summed E-state index contributed by atoms with van der Waals surface area (Å²) in [6, 6.07) is 9.60. The minimum absolute atomic E-state index is 0.0631. The molecule has 3 nitrogen and oxygen atoms in total. The third-order valence-electron chi connectivity index (χ3n) is 4.41. The van der Waals surface area contributed by atoms with Crippen LogP contribution in [0, 0.1) is 5.41 Å². The van der Waals surface area contributed by atoms with E-state index in [2.05, 4.69) is 12.2 Å². The fourth-order valence-corrected chi connectivity index (χ4v) is 2.98. The van der Waals surface area contributed by atoms with E-state index in [1.54, 1.807) is 0 Å². The van der Waals surface area contributed by atoms with Gasteiger partial charge < -0.3 is 11.1 Å². The summed E-state index contributed by atoms with van der Waals surface area (Å²) >= 11 is 0. The van der Waals surface area contributed by atoms with E-state index in [0.29, 0.717) is 6.42 Å². The standard InChI is InChI=1S/C17H26N2O/c1-17(10-6-3-7-11-17)13-19-16(20)12-15(18)14-8-4-2-5-9-14/h2,4-5,8-9,15H,3,6-7,10-13,18H2,1H3,(H,19,20). The maximum absolute atomic E-state index is 12.0. The molecule has 1 saturated carbocycles. The van der Waals surface area contributed by atoms with Crippen LogP contribution < -0.4 is 11.1 Å². The maximum atomic E-state index is 12.0. The molecule has 2 rings (SSSR count). The minimum Gasteiger partial charge on any atom is -0.355 e. The number of nitrogens with one attached hydrogen (secondary N) is 1. The van der Waals surface area contributed by atoms with Crippen LogP contribution >= 0.6 is 0 Å². The highest BCUT2D eigenvalue weighted by atomic mass is 16.1. The molecule has 0 aliphatic heterocycles. The van der Waals surface area contributed by atoms with Crippen LogP contribution in [-0.4, -0.2) is 12.5 Å². The number of benzene rings is 1. The zero-order chi connectivity index (χ0) is 14.4. The lowest BCUT2D eigenvalue weighted by Gasteiger charge is -2.33. The highest BCUT2D eigenvalue weighted by Gasteiger charge is 2.27. The van der Waals surface area contributed by atoms with Gasteiger partial charge in [-0.1, -0.05) is 56.5 Å². The van der Waals surface area contributed by atoms with Crippen LogP contribution in [0.3, 0.4) is 0 Å². The Kier molecular flexibility index (Phi) is 5.18. The summed E-state index contributed by atoms with van der Waals surface area (Å²) in [7, 11) is 0. The van der Waals surface area contributed by atoms with Gasteiger partial charge in [0.1, 0.15) is 0 Å². The highest BCUT2D eigenvalue weighted by Crippen LogP contribution is 2.34. The van der Waals surface area contributed by atoms with Crippen LogP contribution in [0.5, 0.6) is 0 Å². The third kappa shape index (κ3) is 4.34. The Bertz CT molecular complexity index is 424. The summed E-state index contributed by atoms with van der Waals surface area (Å²) < 4.78 is 0. The van der Waals surface area contributed by atoms with E-state index < -0.39 is 0 Å². The average molecular weight is 274 g/mol. The molecular formula is C17H26N2O. The summed E-state index contributed by atoms with van der Waals surface area (Å²) in [6.07, 6.45) is 6.71. The molecule has 0 saturated heterocycles. The van der Waals surface area contributed by atoms with Gasteiger partial charge in [0.2, 0.25) is 5.91 Å². The van der Waals surface area contributed by atoms with Crippen molar-refractivity contribution in [1.82, 2.24) is 5.32 Å². The van der Waals surface area contributed by atoms with E-state index in [-0.39, 0.29) is 17.4 Å². The predicted molar refractivity (Wildman–Crippen MR) is 82.2 cm³/mol. The molecule has 1 unspecified atom stereocenters. The highest BCUT2D eigenvalue weighted by molar-refractivity contribution is 5.76. The first kappa shape index (κ1) is 15.0. The van der Waals surface area contributed by atoms with Crippen LogP contribution in [0.15, 0.2) is 30.3 Å². The third-order valence-corrected chi connectivity index (χ3v) is 4.41. The van der Waals surface area contributed by atoms with E-state index in [9.17, 15) is 4.79 Å². The maximum Gasteiger partial charge on any atom is 0.221 e. The predicted octanol–water partition coefficient (Wildman–Crippen LogP) is 3.16. The monoisotopic (exact) mass is 274 g/mol. The fourth-order valence-electron chi connectivity index (χ4n) is 2.98. The van der Waals surface area contributed by atoms with Crippen molar-refractivity contribution < 1.29 is 4.79 Å². The topological polar surface area (TPSA) is 55.1 Å². The summed E-state index contributed by atoms with van der Waals surface area (Å²) in [6.45, 7) is 3.07. The van der Waals surface area contributed by atoms with Crippen molar-refractivity contribution in [2.75, 3.05) is 6.54 Å². The number of amides is 1. The molecule has 0 spiro atoms. The lowest BCUT2D eigenvalue weighted by atomic mass is 9.76. The number of carbonyl (C=O) groups is 1. The van der Waals surface area contributed by atoms with Gasteiger partial charge in [-0.3, -0.25) is 4.79 Å². The number of carbonyl (C=O) groups excluding carboxylic acids is 1. The molecule has 0 heterocycles. The summed E-state index contributed by atoms with van der Waals surface area (Å²) in [5, 5.41) is 3.07. The first-order valence-electron chi connectivity index (χ1n) is 7.66. The molecule has 1 aromatic rings. The van der Waals surface area contributed by atoms with Gasteiger partial charge in [0.15, 0.2) is 0 Å². The molecule has 3 heteroatoms. The van der Waals surface area contributed by atoms with Crippen LogP contribution in [0.25, 0.3) is 0 Å². The van der Waals surface area contributed by atoms with E-state index in [1.807, 2.05) is 30.3 Å². The quantitative estimate of drug-likeness (QED) is 0.866. The molecule has 20 heavy (non-hydrogen) atoms. The molecule has 1 aliphatic rings. The van der Waals surface area contributed by atoms with Crippen LogP contribution in [0.2, 0.25) is 0 Å². The minimum atomic E-state index is -0.213. The smallest absolute Gasteiger partial charge is 0.221 e. The van der Waals surface area contributed by atoms with E-state index in [4.69, 9.17) is 5.73 Å². The second-order valence-corrected chi connectivity index (χ2v) is 6.37. The molecule has 1 aliphatic carbocycles. The van der Waals surface area contributed by atoms with Crippen molar-refractivity contribution in [2.45, 2.75) is 51.5 Å². The largest absolute Gasteiger partial charge is 0.355 e. The van der Waals surface area contributed by atoms with Gasteiger partial charge in [0, 0.05) is 19.0 Å². The number of rotatable bonds is 5. The van der Waals surface area contributed by atoms with Crippen LogP contribution in [0.1, 0.15) is 57.1 Å². The average Bonchev–Trinajstić information content (AvgIpc) is 2.47. The zero-order valence-electron chi connectivity index (χ0n) is 12.4. The molecule has 1 amide bonds. The Morgan fingerprint density at radius 1 is 1.25 bits per heavy atom. The number of nitrogens with two attached hydrogens (primary N) is 1. The first-order chi connectivity index (χ1) is 9.59. The van der Waals surface area contributed by atoms with E-state index in [0.717, 1.165) is 12.1 Å². The van der Waals surface area contributed by atoms with Gasteiger partial charge in [-0.15, -0.1) is 0 Å². The Balaban J connectivity index is 1.78. The van der Waals surface area contributed by atoms with Crippen molar-refractivity contribution >= 4 is 5.91 Å². The van der Waals surface area contributed by atoms with Gasteiger partial charge in [0.05, 0.1) is 0 Å². The molecule has 0 aromatic heterocycles. The molecule has 1 atom stereocenters. The lowest BCUT2D eigenvalue weighted by molar-refractivity contribution is -0.122. The van der Waals surface area contributed by atoms with Crippen molar-refractivity contribution in [3.63, 3.8) is 0 Å². The van der Waals surface area contributed by atoms with Gasteiger partial charge >= 0.3 is 0 Å². The summed E-state index contributed by atoms with van der Waals surface area (Å²) in [5.41, 5.74) is 7.38. The van der Waals surface area contributed by atoms with Crippen molar-refractivity contribution in [3.05, 3.63) is 35.9 Å². The number of hydrogen-bond acceptors (Lipinski definition) is 2. The van der Waals surface area contributed by atoms with Crippen molar-refractivity contribution in [2.24, 2.45) is 11.1 Å². The second-order valence-electron chi connectivity index (χ2n) is 6.37. The van der Waals surface area contributed by atoms with Crippen molar-refractivity contribution in [1.29, 1.82) is 0 Å². The molecule has 1 aromatic carbocycles. The van der Waals surface area contributed by atoms with Crippen LogP contribution in [-0.2, 0) is 4.79 Å². The van der Waals surface area contributed by atoms with Gasteiger partial charge in [0.25, 0.3) is 0 Å². The van der Waals surface area contributed by atoms with Gasteiger partial charge in [-0.05, 0) is 23.8 Å². The summed E-state index contributed by atoms with van der Waals surface area (Å²) in [5.74, 6) is 0.0631. The molecule has 110 valence electrons. The molecule has 0 radical (unpaired) electrons. The molecule has 3 N–H and O–H groups in total. The zero-order valence-corrected chi connectivity index (χ0v) is 12.4. The normalized spacial score (nSPS) is 19.3. The van der Waals surface area contributed by atoms with Gasteiger partial charge in [-0.25, -0.2) is 0 Å².